The van der Waals surface area contributed by atoms with E-state index >= 15 is 0 Å². The Morgan fingerprint density at radius 1 is 1.02 bits per heavy atom. The van der Waals surface area contributed by atoms with Gasteiger partial charge in [-0.05, 0) is 70.6 Å². The van der Waals surface area contributed by atoms with Crippen molar-refractivity contribution >= 4 is 33.4 Å². The molecule has 3 aliphatic rings. The lowest BCUT2D eigenvalue weighted by atomic mass is 9.87. The van der Waals surface area contributed by atoms with Gasteiger partial charge < -0.3 is 15.0 Å². The van der Waals surface area contributed by atoms with Crippen molar-refractivity contribution in [2.24, 2.45) is 7.05 Å². The van der Waals surface area contributed by atoms with Crippen LogP contribution in [0.5, 0.6) is 5.75 Å². The maximum absolute atomic E-state index is 12.3. The summed E-state index contributed by atoms with van der Waals surface area (Å²) in [6, 6.07) is 16.9. The minimum Gasteiger partial charge on any atom is -0.488 e. The maximum atomic E-state index is 12.3. The van der Waals surface area contributed by atoms with Crippen LogP contribution in [0.15, 0.2) is 64.0 Å². The number of piperidine rings is 2. The SMILES string of the molecule is CN1C[C@H](Nc2cnn(C)c(=O)c2Br)C[C@H](c2ccc(CN3CC(Oc4cccc(C5CCC(=O)NC5=O)c4)C3)cc2)C1. The fourth-order valence-electron chi connectivity index (χ4n) is 6.38. The highest BCUT2D eigenvalue weighted by molar-refractivity contribution is 9.10. The number of hydrogen-bond acceptors (Lipinski definition) is 8. The minimum atomic E-state index is -0.308. The number of imide groups is 1. The first kappa shape index (κ1) is 29.5. The van der Waals surface area contributed by atoms with Gasteiger partial charge in [0.05, 0.1) is 17.8 Å². The number of anilines is 1. The zero-order valence-corrected chi connectivity index (χ0v) is 26.0. The lowest BCUT2D eigenvalue weighted by molar-refractivity contribution is -0.134. The summed E-state index contributed by atoms with van der Waals surface area (Å²) in [6.07, 6.45) is 3.68. The van der Waals surface area contributed by atoms with Gasteiger partial charge in [-0.15, -0.1) is 0 Å². The van der Waals surface area contributed by atoms with Gasteiger partial charge >= 0.3 is 0 Å². The summed E-state index contributed by atoms with van der Waals surface area (Å²) in [4.78, 5) is 40.7. The molecule has 3 saturated heterocycles. The number of likely N-dealkylation sites (N-methyl/N-ethyl adjacent to an activating group) is 1. The van der Waals surface area contributed by atoms with Crippen LogP contribution in [0.3, 0.4) is 0 Å². The number of hydrogen-bond donors (Lipinski definition) is 2. The molecule has 2 amide bonds. The third-order valence-electron chi connectivity index (χ3n) is 8.65. The number of nitrogens with one attached hydrogen (secondary N) is 2. The van der Waals surface area contributed by atoms with Crippen LogP contribution in [0.1, 0.15) is 47.8 Å². The van der Waals surface area contributed by atoms with E-state index in [2.05, 4.69) is 72.8 Å². The average Bonchev–Trinajstić information content (AvgIpc) is 2.96. The first-order valence-corrected chi connectivity index (χ1v) is 15.6. The number of aromatic nitrogens is 2. The van der Waals surface area contributed by atoms with E-state index in [-0.39, 0.29) is 35.4 Å². The van der Waals surface area contributed by atoms with Gasteiger partial charge in [0, 0.05) is 52.2 Å². The van der Waals surface area contributed by atoms with Gasteiger partial charge in [-0.2, -0.15) is 5.10 Å². The number of rotatable bonds is 8. The summed E-state index contributed by atoms with van der Waals surface area (Å²) in [7, 11) is 3.78. The number of carbonyl (C=O) groups excluding carboxylic acids is 2. The second-order valence-electron chi connectivity index (χ2n) is 12.0. The molecule has 2 aromatic carbocycles. The molecule has 3 aromatic rings. The summed E-state index contributed by atoms with van der Waals surface area (Å²) in [5.41, 5.74) is 4.07. The van der Waals surface area contributed by atoms with Crippen LogP contribution in [0.2, 0.25) is 0 Å². The van der Waals surface area contributed by atoms with Gasteiger partial charge in [0.1, 0.15) is 16.3 Å². The molecule has 0 saturated carbocycles. The Bertz CT molecular complexity index is 1550. The minimum absolute atomic E-state index is 0.110. The lowest BCUT2D eigenvalue weighted by Crippen LogP contribution is -2.53. The predicted molar refractivity (Wildman–Crippen MR) is 167 cm³/mol. The highest BCUT2D eigenvalue weighted by atomic mass is 79.9. The highest BCUT2D eigenvalue weighted by Crippen LogP contribution is 2.31. The van der Waals surface area contributed by atoms with E-state index in [1.807, 2.05) is 24.3 Å². The monoisotopic (exact) mass is 648 g/mol. The zero-order valence-electron chi connectivity index (χ0n) is 24.5. The molecule has 0 radical (unpaired) electrons. The van der Waals surface area contributed by atoms with Crippen molar-refractivity contribution in [3.8, 4) is 5.75 Å². The Hall–Kier alpha value is -3.54. The Morgan fingerprint density at radius 2 is 1.81 bits per heavy atom. The quantitative estimate of drug-likeness (QED) is 0.359. The molecule has 2 N–H and O–H groups in total. The molecule has 0 aliphatic carbocycles. The molecule has 3 atom stereocenters. The molecule has 43 heavy (non-hydrogen) atoms. The summed E-state index contributed by atoms with van der Waals surface area (Å²) < 4.78 is 8.05. The topological polar surface area (TPSA) is 109 Å². The van der Waals surface area contributed by atoms with E-state index < -0.39 is 0 Å². The lowest BCUT2D eigenvalue weighted by Gasteiger charge is -2.39. The number of aryl methyl sites for hydroxylation is 1. The van der Waals surface area contributed by atoms with Crippen LogP contribution in [-0.2, 0) is 23.2 Å². The van der Waals surface area contributed by atoms with Crippen LogP contribution in [0.4, 0.5) is 5.69 Å². The molecule has 3 fully saturated rings. The molecule has 6 rings (SSSR count). The van der Waals surface area contributed by atoms with Crippen molar-refractivity contribution < 1.29 is 14.3 Å². The summed E-state index contributed by atoms with van der Waals surface area (Å²) in [5.74, 6) is 0.413. The van der Waals surface area contributed by atoms with Crippen molar-refractivity contribution in [2.45, 2.75) is 49.8 Å². The second kappa shape index (κ2) is 12.6. The number of ether oxygens (including phenoxy) is 1. The van der Waals surface area contributed by atoms with Gasteiger partial charge in [0.25, 0.3) is 5.56 Å². The second-order valence-corrected chi connectivity index (χ2v) is 12.8. The Morgan fingerprint density at radius 3 is 2.58 bits per heavy atom. The summed E-state index contributed by atoms with van der Waals surface area (Å²) in [6.45, 7) is 4.45. The van der Waals surface area contributed by atoms with E-state index in [0.717, 1.165) is 56.1 Å². The van der Waals surface area contributed by atoms with Crippen LogP contribution >= 0.6 is 15.9 Å². The molecule has 1 unspecified atom stereocenters. The van der Waals surface area contributed by atoms with Crippen molar-refractivity contribution in [1.29, 1.82) is 0 Å². The molecule has 10 nitrogen and oxygen atoms in total. The number of carbonyl (C=O) groups is 2. The Kier molecular flexibility index (Phi) is 8.65. The Balaban J connectivity index is 0.996. The third-order valence-corrected chi connectivity index (χ3v) is 9.42. The predicted octanol–water partition coefficient (Wildman–Crippen LogP) is 3.23. The molecule has 0 bridgehead atoms. The fraction of sp³-hybridized carbons (Fsp3) is 0.438. The molecule has 4 heterocycles. The van der Waals surface area contributed by atoms with E-state index in [1.54, 1.807) is 13.2 Å². The fourth-order valence-corrected chi connectivity index (χ4v) is 6.86. The van der Waals surface area contributed by atoms with Crippen molar-refractivity contribution in [1.82, 2.24) is 24.9 Å². The highest BCUT2D eigenvalue weighted by Gasteiger charge is 2.31. The van der Waals surface area contributed by atoms with Crippen LogP contribution in [-0.4, -0.2) is 76.8 Å². The molecule has 226 valence electrons. The first-order chi connectivity index (χ1) is 20.7. The smallest absolute Gasteiger partial charge is 0.282 e. The number of amides is 2. The van der Waals surface area contributed by atoms with Crippen molar-refractivity contribution in [2.75, 3.05) is 38.5 Å². The van der Waals surface area contributed by atoms with E-state index in [4.69, 9.17) is 4.74 Å². The largest absolute Gasteiger partial charge is 0.488 e. The number of nitrogens with zero attached hydrogens (tertiary/aromatic N) is 4. The van der Waals surface area contributed by atoms with Crippen LogP contribution < -0.4 is 20.9 Å². The maximum Gasteiger partial charge on any atom is 0.282 e. The summed E-state index contributed by atoms with van der Waals surface area (Å²) >= 11 is 3.43. The molecule has 1 aromatic heterocycles. The van der Waals surface area contributed by atoms with Gasteiger partial charge in [0.2, 0.25) is 11.8 Å². The molecular weight excluding hydrogens is 612 g/mol. The van der Waals surface area contributed by atoms with Crippen molar-refractivity contribution in [3.63, 3.8) is 0 Å². The van der Waals surface area contributed by atoms with Crippen LogP contribution in [0, 0.1) is 0 Å². The van der Waals surface area contributed by atoms with Gasteiger partial charge in [-0.1, -0.05) is 36.4 Å². The van der Waals surface area contributed by atoms with Gasteiger partial charge in [-0.3, -0.25) is 24.6 Å². The van der Waals surface area contributed by atoms with E-state index in [0.29, 0.717) is 23.2 Å². The van der Waals surface area contributed by atoms with E-state index in [9.17, 15) is 14.4 Å². The first-order valence-electron chi connectivity index (χ1n) is 14.8. The molecule has 3 aliphatic heterocycles. The number of likely N-dealkylation sites (tertiary alicyclic amines) is 2. The van der Waals surface area contributed by atoms with Gasteiger partial charge in [0.15, 0.2) is 0 Å². The number of halogens is 1. The standard InChI is InChI=1S/C32H37BrN6O4/c1-37-16-23(12-24(17-37)35-28-14-34-38(2)32(42)30(28)33)21-8-6-20(7-9-21)15-39-18-26(19-39)43-25-5-3-4-22(13-25)27-10-11-29(40)36-31(27)41/h3-9,13-14,23-24,26-27,35H,10-12,15-19H2,1-2H3,(H,36,40,41)/t23-,24+,27?/m0/s1. The van der Waals surface area contributed by atoms with Crippen LogP contribution in [0.25, 0.3) is 0 Å². The molecular formula is C32H37BrN6O4. The normalized spacial score (nSPS) is 23.5. The Labute approximate surface area is 259 Å². The van der Waals surface area contributed by atoms with Gasteiger partial charge in [-0.25, -0.2) is 4.68 Å². The van der Waals surface area contributed by atoms with E-state index in [1.165, 1.54) is 15.8 Å². The average molecular weight is 650 g/mol. The number of benzene rings is 2. The van der Waals surface area contributed by atoms with Crippen molar-refractivity contribution in [3.05, 3.63) is 86.2 Å². The zero-order chi connectivity index (χ0) is 30.1. The molecule has 11 heteroatoms. The molecule has 0 spiro atoms. The third kappa shape index (κ3) is 6.84. The summed E-state index contributed by atoms with van der Waals surface area (Å²) in [5, 5.41) is 10.1.